The number of nitrogens with zero attached hydrogens (tertiary/aromatic N) is 1. The summed E-state index contributed by atoms with van der Waals surface area (Å²) in [6.45, 7) is -0.262. The van der Waals surface area contributed by atoms with Crippen LogP contribution in [-0.4, -0.2) is 43.7 Å². The third kappa shape index (κ3) is 4.55. The average molecular weight is 442 g/mol. The van der Waals surface area contributed by atoms with Gasteiger partial charge in [0, 0.05) is 22.2 Å². The molecular weight excluding hydrogens is 425 g/mol. The number of carbonyl (C=O) groups is 2. The zero-order chi connectivity index (χ0) is 20.3. The molecule has 0 N–H and O–H groups in total. The van der Waals surface area contributed by atoms with Crippen LogP contribution in [0.25, 0.3) is 0 Å². The molecule has 0 radical (unpaired) electrons. The second-order valence-corrected chi connectivity index (χ2v) is 9.03. The van der Waals surface area contributed by atoms with Crippen LogP contribution in [0.4, 0.5) is 0 Å². The number of hydrogen-bond donors (Lipinski definition) is 0. The number of ether oxygens (including phenoxy) is 1. The van der Waals surface area contributed by atoms with E-state index in [4.69, 9.17) is 27.9 Å². The molecule has 1 saturated heterocycles. The summed E-state index contributed by atoms with van der Waals surface area (Å²) in [4.78, 5) is 24.6. The Morgan fingerprint density at radius 1 is 1.00 bits per heavy atom. The molecule has 6 nitrogen and oxygen atoms in total. The molecule has 0 amide bonds. The molecule has 0 saturated carbocycles. The highest BCUT2D eigenvalue weighted by Gasteiger charge is 2.40. The summed E-state index contributed by atoms with van der Waals surface area (Å²) in [6, 6.07) is 11.0. The van der Waals surface area contributed by atoms with Crippen molar-refractivity contribution in [3.05, 3.63) is 64.1 Å². The van der Waals surface area contributed by atoms with Crippen LogP contribution >= 0.6 is 23.2 Å². The van der Waals surface area contributed by atoms with Crippen molar-refractivity contribution in [3.63, 3.8) is 0 Å². The molecule has 0 spiro atoms. The smallest absolute Gasteiger partial charge is 0.324 e. The number of rotatable bonds is 6. The predicted molar refractivity (Wildman–Crippen MR) is 105 cm³/mol. The molecule has 0 aromatic heterocycles. The molecule has 2 aromatic rings. The predicted octanol–water partition coefficient (Wildman–Crippen LogP) is 3.57. The summed E-state index contributed by atoms with van der Waals surface area (Å²) < 4.78 is 31.9. The number of hydrogen-bond acceptors (Lipinski definition) is 5. The van der Waals surface area contributed by atoms with Crippen molar-refractivity contribution in [2.75, 3.05) is 13.2 Å². The number of halogens is 2. The Hall–Kier alpha value is -1.93. The summed E-state index contributed by atoms with van der Waals surface area (Å²) in [5, 5.41) is 0.902. The second-order valence-electron chi connectivity index (χ2n) is 6.27. The van der Waals surface area contributed by atoms with Gasteiger partial charge in [-0.2, -0.15) is 4.31 Å². The van der Waals surface area contributed by atoms with Gasteiger partial charge < -0.3 is 4.74 Å². The van der Waals surface area contributed by atoms with Gasteiger partial charge in [-0.1, -0.05) is 23.2 Å². The monoisotopic (exact) mass is 441 g/mol. The fourth-order valence-corrected chi connectivity index (χ4v) is 4.86. The van der Waals surface area contributed by atoms with Crippen LogP contribution in [-0.2, 0) is 19.6 Å². The normalized spacial score (nSPS) is 17.4. The number of sulfonamides is 1. The Labute approximate surface area is 173 Å². The molecule has 1 aliphatic rings. The van der Waals surface area contributed by atoms with Crippen LogP contribution in [0.15, 0.2) is 53.4 Å². The van der Waals surface area contributed by atoms with Crippen molar-refractivity contribution in [1.29, 1.82) is 0 Å². The van der Waals surface area contributed by atoms with Gasteiger partial charge in [0.2, 0.25) is 10.0 Å². The molecule has 1 aliphatic heterocycles. The van der Waals surface area contributed by atoms with Crippen LogP contribution in [0.2, 0.25) is 10.0 Å². The van der Waals surface area contributed by atoms with Crippen molar-refractivity contribution in [3.8, 4) is 0 Å². The van der Waals surface area contributed by atoms with Gasteiger partial charge in [0.25, 0.3) is 0 Å². The van der Waals surface area contributed by atoms with Gasteiger partial charge in [-0.25, -0.2) is 8.42 Å². The van der Waals surface area contributed by atoms with E-state index < -0.39 is 34.4 Å². The molecule has 1 atom stereocenters. The molecule has 9 heteroatoms. The van der Waals surface area contributed by atoms with E-state index in [1.54, 1.807) is 12.1 Å². The molecule has 1 unspecified atom stereocenters. The number of ketones is 1. The molecule has 1 fully saturated rings. The molecule has 1 heterocycles. The third-order valence-corrected chi connectivity index (χ3v) is 6.83. The van der Waals surface area contributed by atoms with Gasteiger partial charge in [0.05, 0.1) is 4.90 Å². The van der Waals surface area contributed by atoms with Gasteiger partial charge in [-0.05, 0) is 61.4 Å². The standard InChI is InChI=1S/C19H17Cl2NO5S/c20-14-5-3-13(4-6-14)18(23)12-27-19(24)17-2-1-11-22(17)28(25,26)16-9-7-15(21)8-10-16/h3-10,17H,1-2,11-12H2. The zero-order valence-electron chi connectivity index (χ0n) is 14.7. The first-order valence-corrected chi connectivity index (χ1v) is 10.7. The van der Waals surface area contributed by atoms with E-state index in [9.17, 15) is 18.0 Å². The summed E-state index contributed by atoms with van der Waals surface area (Å²) in [5.74, 6) is -1.13. The Bertz CT molecular complexity index is 974. The van der Waals surface area contributed by atoms with E-state index in [2.05, 4.69) is 0 Å². The molecular formula is C19H17Cl2NO5S. The van der Waals surface area contributed by atoms with Crippen LogP contribution in [0.5, 0.6) is 0 Å². The largest absolute Gasteiger partial charge is 0.456 e. The number of benzene rings is 2. The lowest BCUT2D eigenvalue weighted by Gasteiger charge is -2.22. The van der Waals surface area contributed by atoms with Gasteiger partial charge in [0.15, 0.2) is 12.4 Å². The lowest BCUT2D eigenvalue weighted by Crippen LogP contribution is -2.41. The molecule has 3 rings (SSSR count). The van der Waals surface area contributed by atoms with E-state index >= 15 is 0 Å². The van der Waals surface area contributed by atoms with Crippen molar-refractivity contribution in [1.82, 2.24) is 4.31 Å². The maximum Gasteiger partial charge on any atom is 0.324 e. The molecule has 0 aliphatic carbocycles. The van der Waals surface area contributed by atoms with E-state index in [0.717, 1.165) is 4.31 Å². The second kappa shape index (κ2) is 8.61. The lowest BCUT2D eigenvalue weighted by atomic mass is 10.1. The fourth-order valence-electron chi connectivity index (χ4n) is 2.96. The number of esters is 1. The highest BCUT2D eigenvalue weighted by atomic mass is 35.5. The van der Waals surface area contributed by atoms with Crippen molar-refractivity contribution < 1.29 is 22.7 Å². The molecule has 0 bridgehead atoms. The van der Waals surface area contributed by atoms with E-state index in [1.807, 2.05) is 0 Å². The summed E-state index contributed by atoms with van der Waals surface area (Å²) in [7, 11) is -3.87. The third-order valence-electron chi connectivity index (χ3n) is 4.41. The summed E-state index contributed by atoms with van der Waals surface area (Å²) in [5.41, 5.74) is 0.356. The van der Waals surface area contributed by atoms with E-state index in [-0.39, 0.29) is 11.4 Å². The van der Waals surface area contributed by atoms with Gasteiger partial charge >= 0.3 is 5.97 Å². The first-order chi connectivity index (χ1) is 13.3. The summed E-state index contributed by atoms with van der Waals surface area (Å²) >= 11 is 11.6. The van der Waals surface area contributed by atoms with Crippen molar-refractivity contribution in [2.45, 2.75) is 23.8 Å². The van der Waals surface area contributed by atoms with Crippen molar-refractivity contribution in [2.24, 2.45) is 0 Å². The zero-order valence-corrected chi connectivity index (χ0v) is 17.0. The molecule has 2 aromatic carbocycles. The fraction of sp³-hybridized carbons (Fsp3) is 0.263. The SMILES string of the molecule is O=C(COC(=O)C1CCCN1S(=O)(=O)c1ccc(Cl)cc1)c1ccc(Cl)cc1. The highest BCUT2D eigenvalue weighted by molar-refractivity contribution is 7.89. The van der Waals surface area contributed by atoms with E-state index in [1.165, 1.54) is 36.4 Å². The van der Waals surface area contributed by atoms with Crippen molar-refractivity contribution >= 4 is 45.0 Å². The minimum Gasteiger partial charge on any atom is -0.456 e. The highest BCUT2D eigenvalue weighted by Crippen LogP contribution is 2.27. The van der Waals surface area contributed by atoms with Crippen LogP contribution in [0.1, 0.15) is 23.2 Å². The lowest BCUT2D eigenvalue weighted by molar-refractivity contribution is -0.146. The number of Topliss-reactive ketones (excluding diaryl/α,β-unsaturated/α-hetero) is 1. The molecule has 28 heavy (non-hydrogen) atoms. The Morgan fingerprint density at radius 2 is 1.57 bits per heavy atom. The van der Waals surface area contributed by atoms with Crippen LogP contribution in [0, 0.1) is 0 Å². The van der Waals surface area contributed by atoms with Gasteiger partial charge in [-0.3, -0.25) is 9.59 Å². The van der Waals surface area contributed by atoms with Crippen LogP contribution < -0.4 is 0 Å². The first-order valence-electron chi connectivity index (χ1n) is 8.52. The topological polar surface area (TPSA) is 80.8 Å². The van der Waals surface area contributed by atoms with Gasteiger partial charge in [0.1, 0.15) is 6.04 Å². The summed E-state index contributed by atoms with van der Waals surface area (Å²) in [6.07, 6.45) is 0.860. The maximum absolute atomic E-state index is 12.8. The minimum absolute atomic E-state index is 0.0499. The average Bonchev–Trinajstić information content (AvgIpc) is 3.17. The quantitative estimate of drug-likeness (QED) is 0.505. The van der Waals surface area contributed by atoms with Gasteiger partial charge in [-0.15, -0.1) is 0 Å². The number of carbonyl (C=O) groups excluding carboxylic acids is 2. The Kier molecular flexibility index (Phi) is 6.40. The van der Waals surface area contributed by atoms with Crippen LogP contribution in [0.3, 0.4) is 0 Å². The minimum atomic E-state index is -3.87. The first kappa shape index (κ1) is 20.8. The molecule has 148 valence electrons. The Morgan fingerprint density at radius 3 is 2.18 bits per heavy atom. The van der Waals surface area contributed by atoms with E-state index in [0.29, 0.717) is 28.5 Å². The Balaban J connectivity index is 1.68. The maximum atomic E-state index is 12.8.